The van der Waals surface area contributed by atoms with E-state index < -0.39 is 0 Å². The molecule has 0 fully saturated rings. The molecule has 2 nitrogen and oxygen atoms in total. The van der Waals surface area contributed by atoms with Crippen LogP contribution in [-0.4, -0.2) is 9.97 Å². The van der Waals surface area contributed by atoms with Crippen molar-refractivity contribution in [1.29, 1.82) is 0 Å². The number of aryl methyl sites for hydroxylation is 1. The molecule has 0 spiro atoms. The first kappa shape index (κ1) is 17.5. The molecule has 0 aliphatic rings. The Hall–Kier alpha value is -2.84. The van der Waals surface area contributed by atoms with Crippen LogP contribution < -0.4 is 0 Å². The van der Waals surface area contributed by atoms with E-state index in [1.165, 1.54) is 25.7 Å². The number of rotatable bonds is 6. The molecule has 0 bridgehead atoms. The van der Waals surface area contributed by atoms with Crippen LogP contribution in [0, 0.1) is 24.2 Å². The molecule has 0 aliphatic carbocycles. The maximum absolute atomic E-state index is 5.30. The smallest absolute Gasteiger partial charge is 0.0636 e. The van der Waals surface area contributed by atoms with E-state index >= 15 is 0 Å². The van der Waals surface area contributed by atoms with Crippen molar-refractivity contribution in [1.82, 2.24) is 9.97 Å². The first-order chi connectivity index (χ1) is 11.8. The van der Waals surface area contributed by atoms with Crippen LogP contribution in [0.2, 0.25) is 0 Å². The minimum atomic E-state index is 0.777. The lowest BCUT2D eigenvalue weighted by molar-refractivity contribution is 0.660. The summed E-state index contributed by atoms with van der Waals surface area (Å²) in [5, 5.41) is 0. The SMILES string of the molecule is C#Cc1ccc(C=CC#Cc2ccc(CCCCCC)nc2)nc1. The highest BCUT2D eigenvalue weighted by atomic mass is 14.7. The summed E-state index contributed by atoms with van der Waals surface area (Å²) in [5.74, 6) is 8.63. The van der Waals surface area contributed by atoms with Crippen molar-refractivity contribution in [3.8, 4) is 24.2 Å². The van der Waals surface area contributed by atoms with Gasteiger partial charge >= 0.3 is 0 Å². The second-order valence-corrected chi connectivity index (χ2v) is 5.57. The molecule has 2 heterocycles. The van der Waals surface area contributed by atoms with Crippen LogP contribution in [0.4, 0.5) is 0 Å². The topological polar surface area (TPSA) is 25.8 Å². The number of hydrogen-bond acceptors (Lipinski definition) is 2. The summed E-state index contributed by atoms with van der Waals surface area (Å²) in [7, 11) is 0. The fourth-order valence-corrected chi connectivity index (χ4v) is 2.22. The van der Waals surface area contributed by atoms with Gasteiger partial charge in [-0.15, -0.1) is 6.42 Å². The van der Waals surface area contributed by atoms with E-state index in [2.05, 4.69) is 40.7 Å². The van der Waals surface area contributed by atoms with Gasteiger partial charge < -0.3 is 0 Å². The first-order valence-corrected chi connectivity index (χ1v) is 8.37. The lowest BCUT2D eigenvalue weighted by Gasteiger charge is -2.00. The highest BCUT2D eigenvalue weighted by Gasteiger charge is 1.95. The highest BCUT2D eigenvalue weighted by Crippen LogP contribution is 2.06. The van der Waals surface area contributed by atoms with Crippen molar-refractivity contribution in [2.75, 3.05) is 0 Å². The quantitative estimate of drug-likeness (QED) is 0.573. The van der Waals surface area contributed by atoms with E-state index in [0.717, 1.165) is 28.9 Å². The second kappa shape index (κ2) is 10.0. The van der Waals surface area contributed by atoms with Gasteiger partial charge in [0.25, 0.3) is 0 Å². The third kappa shape index (κ3) is 6.11. The highest BCUT2D eigenvalue weighted by molar-refractivity contribution is 5.51. The largest absolute Gasteiger partial charge is 0.260 e. The Balaban J connectivity index is 1.86. The molecule has 0 radical (unpaired) electrons. The molecule has 0 atom stereocenters. The Morgan fingerprint density at radius 3 is 2.50 bits per heavy atom. The van der Waals surface area contributed by atoms with Crippen molar-refractivity contribution in [3.05, 3.63) is 65.2 Å². The number of nitrogens with zero attached hydrogens (tertiary/aromatic N) is 2. The minimum absolute atomic E-state index is 0.777. The van der Waals surface area contributed by atoms with Crippen LogP contribution in [0.1, 0.15) is 55.1 Å². The molecular weight excluding hydrogens is 292 g/mol. The lowest BCUT2D eigenvalue weighted by atomic mass is 10.1. The predicted molar refractivity (Wildman–Crippen MR) is 100 cm³/mol. The van der Waals surface area contributed by atoms with Crippen molar-refractivity contribution < 1.29 is 0 Å². The molecule has 2 heteroatoms. The summed E-state index contributed by atoms with van der Waals surface area (Å²) in [5.41, 5.74) is 3.68. The second-order valence-electron chi connectivity index (χ2n) is 5.57. The van der Waals surface area contributed by atoms with Gasteiger partial charge in [-0.3, -0.25) is 9.97 Å². The van der Waals surface area contributed by atoms with Gasteiger partial charge in [0.2, 0.25) is 0 Å². The summed E-state index contributed by atoms with van der Waals surface area (Å²) in [6.07, 6.45) is 18.6. The normalized spacial score (nSPS) is 10.2. The third-order valence-electron chi connectivity index (χ3n) is 3.62. The Morgan fingerprint density at radius 2 is 1.83 bits per heavy atom. The van der Waals surface area contributed by atoms with Crippen molar-refractivity contribution in [2.24, 2.45) is 0 Å². The maximum Gasteiger partial charge on any atom is 0.0636 e. The van der Waals surface area contributed by atoms with Crippen LogP contribution in [0.5, 0.6) is 0 Å². The van der Waals surface area contributed by atoms with Gasteiger partial charge in [-0.25, -0.2) is 0 Å². The number of unbranched alkanes of at least 4 members (excludes halogenated alkanes) is 3. The Kier molecular flexibility index (Phi) is 7.32. The zero-order chi connectivity index (χ0) is 17.0. The molecule has 0 saturated carbocycles. The summed E-state index contributed by atoms with van der Waals surface area (Å²) < 4.78 is 0. The molecule has 0 aliphatic heterocycles. The van der Waals surface area contributed by atoms with Crippen LogP contribution >= 0.6 is 0 Å². The fourth-order valence-electron chi connectivity index (χ4n) is 2.22. The molecule has 24 heavy (non-hydrogen) atoms. The van der Waals surface area contributed by atoms with Crippen LogP contribution in [0.3, 0.4) is 0 Å². The Bertz CT molecular complexity index is 751. The van der Waals surface area contributed by atoms with Crippen molar-refractivity contribution >= 4 is 6.08 Å². The summed E-state index contributed by atoms with van der Waals surface area (Å²) in [4.78, 5) is 8.71. The molecule has 2 rings (SSSR count). The van der Waals surface area contributed by atoms with Crippen molar-refractivity contribution in [2.45, 2.75) is 39.0 Å². The van der Waals surface area contributed by atoms with E-state index in [1.807, 2.05) is 30.5 Å². The molecule has 0 N–H and O–H groups in total. The van der Waals surface area contributed by atoms with Gasteiger partial charge in [0.15, 0.2) is 0 Å². The molecule has 0 unspecified atom stereocenters. The third-order valence-corrected chi connectivity index (χ3v) is 3.62. The zero-order valence-corrected chi connectivity index (χ0v) is 14.1. The van der Waals surface area contributed by atoms with E-state index in [9.17, 15) is 0 Å². The van der Waals surface area contributed by atoms with Crippen LogP contribution in [0.15, 0.2) is 42.7 Å². The molecule has 2 aromatic rings. The zero-order valence-electron chi connectivity index (χ0n) is 14.1. The first-order valence-electron chi connectivity index (χ1n) is 8.37. The molecule has 0 saturated heterocycles. The van der Waals surface area contributed by atoms with Gasteiger partial charge in [0.05, 0.1) is 5.69 Å². The van der Waals surface area contributed by atoms with E-state index in [1.54, 1.807) is 12.3 Å². The van der Waals surface area contributed by atoms with Gasteiger partial charge in [0, 0.05) is 29.2 Å². The van der Waals surface area contributed by atoms with Crippen LogP contribution in [0.25, 0.3) is 6.08 Å². The van der Waals surface area contributed by atoms with E-state index in [4.69, 9.17) is 6.42 Å². The van der Waals surface area contributed by atoms with E-state index in [0.29, 0.717) is 0 Å². The van der Waals surface area contributed by atoms with Gasteiger partial charge in [-0.2, -0.15) is 0 Å². The van der Waals surface area contributed by atoms with E-state index in [-0.39, 0.29) is 0 Å². The van der Waals surface area contributed by atoms with Gasteiger partial charge in [-0.05, 0) is 49.3 Å². The minimum Gasteiger partial charge on any atom is -0.260 e. The predicted octanol–water partition coefficient (Wildman–Crippen LogP) is 4.65. The molecule has 120 valence electrons. The number of terminal acetylenes is 1. The number of allylic oxidation sites excluding steroid dienone is 1. The Labute approximate surface area is 145 Å². The van der Waals surface area contributed by atoms with Crippen LogP contribution in [-0.2, 0) is 6.42 Å². The fraction of sp³-hybridized carbons (Fsp3) is 0.273. The molecule has 0 aromatic carbocycles. The monoisotopic (exact) mass is 314 g/mol. The lowest BCUT2D eigenvalue weighted by Crippen LogP contribution is -1.90. The summed E-state index contributed by atoms with van der Waals surface area (Å²) >= 11 is 0. The number of pyridine rings is 2. The summed E-state index contributed by atoms with van der Waals surface area (Å²) in [6.45, 7) is 2.22. The Morgan fingerprint density at radius 1 is 1.00 bits per heavy atom. The average molecular weight is 314 g/mol. The summed E-state index contributed by atoms with van der Waals surface area (Å²) in [6, 6.07) is 7.84. The molecule has 2 aromatic heterocycles. The molecular formula is C22H22N2. The maximum atomic E-state index is 5.30. The standard InChI is InChI=1S/C22H22N2/c1-3-5-6-7-11-21-16-14-20(18-24-21)10-8-9-12-22-15-13-19(4-2)17-23-22/h2,9,12-18H,3,5-7,11H2,1H3. The molecule has 0 amide bonds. The number of hydrogen-bond donors (Lipinski definition) is 0. The van der Waals surface area contributed by atoms with Gasteiger partial charge in [-0.1, -0.05) is 43.9 Å². The van der Waals surface area contributed by atoms with Gasteiger partial charge in [0.1, 0.15) is 0 Å². The number of aromatic nitrogens is 2. The average Bonchev–Trinajstić information content (AvgIpc) is 2.64. The van der Waals surface area contributed by atoms with Crippen molar-refractivity contribution in [3.63, 3.8) is 0 Å².